The number of fused-ring (bicyclic) bond motifs is 4. The molecule has 0 bridgehead atoms. The number of pyridine rings is 1. The summed E-state index contributed by atoms with van der Waals surface area (Å²) >= 11 is 0. The molecule has 1 aromatic carbocycles. The fraction of sp³-hybridized carbons (Fsp3) is 0.400. The Morgan fingerprint density at radius 1 is 1.29 bits per heavy atom. The lowest BCUT2D eigenvalue weighted by Gasteiger charge is -2.16. The van der Waals surface area contributed by atoms with Gasteiger partial charge in [0, 0.05) is 31.8 Å². The summed E-state index contributed by atoms with van der Waals surface area (Å²) in [4.78, 5) is 46.8. The Balaban J connectivity index is 1.22. The first-order valence-corrected chi connectivity index (χ1v) is 11.4. The topological polar surface area (TPSA) is 96.2 Å². The van der Waals surface area contributed by atoms with Crippen molar-refractivity contribution in [2.24, 2.45) is 11.8 Å². The number of likely N-dealkylation sites (tertiary alicyclic amines) is 1. The van der Waals surface area contributed by atoms with Crippen molar-refractivity contribution in [3.63, 3.8) is 0 Å². The molecule has 172 valence electrons. The Bertz CT molecular complexity index is 1240. The van der Waals surface area contributed by atoms with Crippen LogP contribution >= 0.6 is 0 Å². The van der Waals surface area contributed by atoms with E-state index in [0.29, 0.717) is 26.1 Å². The van der Waals surface area contributed by atoms with Crippen LogP contribution in [0.1, 0.15) is 18.2 Å². The van der Waals surface area contributed by atoms with Crippen LogP contribution < -0.4 is 10.2 Å². The first kappa shape index (κ1) is 20.7. The van der Waals surface area contributed by atoms with Gasteiger partial charge in [-0.1, -0.05) is 12.1 Å². The van der Waals surface area contributed by atoms with Crippen molar-refractivity contribution in [2.45, 2.75) is 31.0 Å². The van der Waals surface area contributed by atoms with E-state index in [-0.39, 0.29) is 36.0 Å². The van der Waals surface area contributed by atoms with Gasteiger partial charge in [-0.25, -0.2) is 11.4 Å². The third-order valence-electron chi connectivity index (χ3n) is 7.74. The van der Waals surface area contributed by atoms with E-state index < -0.39 is 5.54 Å². The smallest absolute Gasteiger partial charge is 0.415 e. The number of hydrogen-bond acceptors (Lipinski definition) is 5. The Morgan fingerprint density at radius 2 is 2.06 bits per heavy atom. The molecule has 2 saturated heterocycles. The van der Waals surface area contributed by atoms with E-state index in [1.165, 1.54) is 6.92 Å². The normalized spacial score (nSPS) is 30.2. The molecule has 3 aliphatic heterocycles. The number of nitrogens with zero attached hydrogens (tertiary/aromatic N) is 4. The van der Waals surface area contributed by atoms with Crippen LogP contribution in [0.15, 0.2) is 36.5 Å². The molecule has 9 heteroatoms. The molecule has 34 heavy (non-hydrogen) atoms. The van der Waals surface area contributed by atoms with Crippen LogP contribution in [0, 0.1) is 18.4 Å². The highest BCUT2D eigenvalue weighted by atomic mass is 16.6. The predicted molar refractivity (Wildman–Crippen MR) is 121 cm³/mol. The van der Waals surface area contributed by atoms with Crippen LogP contribution in [0.2, 0.25) is 0 Å². The second-order valence-electron chi connectivity index (χ2n) is 9.49. The van der Waals surface area contributed by atoms with Crippen LogP contribution in [0.4, 0.5) is 10.5 Å². The van der Waals surface area contributed by atoms with Crippen molar-refractivity contribution in [1.82, 2.24) is 15.2 Å². The zero-order chi connectivity index (χ0) is 23.6. The van der Waals surface area contributed by atoms with Crippen molar-refractivity contribution in [3.8, 4) is 11.1 Å². The van der Waals surface area contributed by atoms with Gasteiger partial charge in [0.25, 0.3) is 5.54 Å². The number of cyclic esters (lactones) is 1. The molecule has 3 fully saturated rings. The molecule has 1 unspecified atom stereocenters. The standard InChI is InChI=1S/C25H23N5O4/c1-14(32)27-10-22-21-8-17-7-15(3-5-20(17)30(21)24(33)34-22)16-4-6-23(28-9-16)25(26-2)18-11-29(13-31)12-19(18)25/h3-7,9,13,18-19,21-22H,8,10-12H2,1H3,(H,27,32)/t18-,19+,21-,22-,25?/m0/s1. The molecular formula is C25H23N5O4. The Morgan fingerprint density at radius 3 is 2.71 bits per heavy atom. The van der Waals surface area contributed by atoms with Gasteiger partial charge in [-0.3, -0.25) is 19.5 Å². The summed E-state index contributed by atoms with van der Waals surface area (Å²) in [6.07, 6.45) is 2.55. The molecule has 1 N–H and O–H groups in total. The maximum absolute atomic E-state index is 12.5. The molecule has 3 amide bonds. The number of nitrogens with one attached hydrogen (secondary N) is 1. The third kappa shape index (κ3) is 2.84. The van der Waals surface area contributed by atoms with Gasteiger partial charge in [-0.2, -0.15) is 0 Å². The maximum Gasteiger partial charge on any atom is 0.415 e. The molecule has 1 aromatic heterocycles. The molecule has 5 atom stereocenters. The van der Waals surface area contributed by atoms with Gasteiger partial charge < -0.3 is 19.8 Å². The number of ether oxygens (including phenoxy) is 1. The van der Waals surface area contributed by atoms with Gasteiger partial charge in [-0.15, -0.1) is 0 Å². The molecule has 9 nitrogen and oxygen atoms in total. The molecule has 1 aliphatic carbocycles. The minimum atomic E-state index is -0.607. The number of piperidine rings is 1. The summed E-state index contributed by atoms with van der Waals surface area (Å²) in [5.41, 5.74) is 3.99. The first-order chi connectivity index (χ1) is 16.5. The third-order valence-corrected chi connectivity index (χ3v) is 7.74. The van der Waals surface area contributed by atoms with E-state index in [4.69, 9.17) is 11.3 Å². The van der Waals surface area contributed by atoms with E-state index in [9.17, 15) is 14.4 Å². The summed E-state index contributed by atoms with van der Waals surface area (Å²) in [6, 6.07) is 9.76. The largest absolute Gasteiger partial charge is 0.442 e. The van der Waals surface area contributed by atoms with E-state index in [1.54, 1.807) is 16.0 Å². The lowest BCUT2D eigenvalue weighted by Crippen LogP contribution is -2.40. The molecule has 6 rings (SSSR count). The fourth-order valence-electron chi connectivity index (χ4n) is 6.00. The minimum Gasteiger partial charge on any atom is -0.442 e. The quantitative estimate of drug-likeness (QED) is 0.547. The number of amides is 3. The highest BCUT2D eigenvalue weighted by Gasteiger charge is 2.77. The number of rotatable bonds is 5. The summed E-state index contributed by atoms with van der Waals surface area (Å²) in [5, 5.41) is 2.74. The number of hydrogen-bond donors (Lipinski definition) is 1. The monoisotopic (exact) mass is 457 g/mol. The average Bonchev–Trinajstić information content (AvgIpc) is 3.20. The highest BCUT2D eigenvalue weighted by molar-refractivity contribution is 5.94. The molecular weight excluding hydrogens is 434 g/mol. The van der Waals surface area contributed by atoms with Gasteiger partial charge in [0.05, 0.1) is 30.1 Å². The van der Waals surface area contributed by atoms with Crippen molar-refractivity contribution in [3.05, 3.63) is 59.2 Å². The first-order valence-electron chi connectivity index (χ1n) is 11.4. The van der Waals surface area contributed by atoms with Gasteiger partial charge in [-0.05, 0) is 35.7 Å². The molecule has 1 saturated carbocycles. The number of benzene rings is 1. The van der Waals surface area contributed by atoms with Crippen molar-refractivity contribution in [2.75, 3.05) is 24.5 Å². The summed E-state index contributed by atoms with van der Waals surface area (Å²) in [6.45, 7) is 10.8. The Hall–Kier alpha value is -3.93. The second-order valence-corrected chi connectivity index (χ2v) is 9.49. The maximum atomic E-state index is 12.5. The molecule has 4 heterocycles. The zero-order valence-electron chi connectivity index (χ0n) is 18.6. The number of aromatic nitrogens is 1. The van der Waals surface area contributed by atoms with Crippen LogP contribution in [0.5, 0.6) is 0 Å². The van der Waals surface area contributed by atoms with Crippen LogP contribution in [-0.2, 0) is 26.3 Å². The molecule has 2 aromatic rings. The van der Waals surface area contributed by atoms with Crippen LogP contribution in [-0.4, -0.2) is 60.1 Å². The summed E-state index contributed by atoms with van der Waals surface area (Å²) < 4.78 is 5.47. The Kier molecular flexibility index (Phi) is 4.43. The fourth-order valence-corrected chi connectivity index (χ4v) is 6.00. The van der Waals surface area contributed by atoms with Crippen LogP contribution in [0.3, 0.4) is 0 Å². The second kappa shape index (κ2) is 7.29. The zero-order valence-corrected chi connectivity index (χ0v) is 18.6. The van der Waals surface area contributed by atoms with Crippen molar-refractivity contribution < 1.29 is 19.1 Å². The predicted octanol–water partition coefficient (Wildman–Crippen LogP) is 1.97. The highest BCUT2D eigenvalue weighted by Crippen LogP contribution is 2.64. The van der Waals surface area contributed by atoms with Crippen LogP contribution in [0.25, 0.3) is 16.0 Å². The van der Waals surface area contributed by atoms with E-state index in [0.717, 1.165) is 34.5 Å². The van der Waals surface area contributed by atoms with Gasteiger partial charge in [0.15, 0.2) is 0 Å². The van der Waals surface area contributed by atoms with Crippen molar-refractivity contribution in [1.29, 1.82) is 0 Å². The van der Waals surface area contributed by atoms with Gasteiger partial charge in [0.2, 0.25) is 12.3 Å². The number of carbonyl (C=O) groups excluding carboxylic acids is 3. The van der Waals surface area contributed by atoms with Crippen molar-refractivity contribution >= 4 is 24.1 Å². The number of carbonyl (C=O) groups is 3. The van der Waals surface area contributed by atoms with E-state index in [2.05, 4.69) is 21.2 Å². The molecule has 0 radical (unpaired) electrons. The molecule has 0 spiro atoms. The van der Waals surface area contributed by atoms with Gasteiger partial charge in [0.1, 0.15) is 11.8 Å². The lowest BCUT2D eigenvalue weighted by molar-refractivity contribution is -0.119. The minimum absolute atomic E-state index is 0.135. The van der Waals surface area contributed by atoms with E-state index >= 15 is 0 Å². The lowest BCUT2D eigenvalue weighted by atomic mass is 9.99. The van der Waals surface area contributed by atoms with E-state index in [1.807, 2.05) is 24.3 Å². The average molecular weight is 457 g/mol. The summed E-state index contributed by atoms with van der Waals surface area (Å²) in [7, 11) is 0. The molecule has 4 aliphatic rings. The van der Waals surface area contributed by atoms with Gasteiger partial charge >= 0.3 is 6.09 Å². The summed E-state index contributed by atoms with van der Waals surface area (Å²) in [5.74, 6) is 0.165. The number of anilines is 1. The Labute approximate surface area is 196 Å². The SMILES string of the molecule is [C-]#[N+]C1(c2ccc(-c3ccc4c(c3)C[C@H]3[C@H](CNC(C)=O)OC(=O)N43)cn2)[C@@H]2CN(C=O)C[C@@H]21.